The minimum Gasteiger partial charge on any atom is -0.379 e. The summed E-state index contributed by atoms with van der Waals surface area (Å²) in [6.45, 7) is 15.3. The first-order valence-corrected chi connectivity index (χ1v) is 23.9. The highest BCUT2D eigenvalue weighted by Crippen LogP contribution is 2.35. The highest BCUT2D eigenvalue weighted by atomic mass is 35.5. The zero-order valence-corrected chi connectivity index (χ0v) is 38.5. The molecule has 358 valence electrons. The maximum Gasteiger partial charge on any atom is 0.226 e. The fourth-order valence-electron chi connectivity index (χ4n) is 7.08. The lowest BCUT2D eigenvalue weighted by Crippen LogP contribution is -2.45. The number of ether oxygens (including phenoxy) is 11. The van der Waals surface area contributed by atoms with Gasteiger partial charge in [-0.15, -0.1) is 5.10 Å². The smallest absolute Gasteiger partial charge is 0.226 e. The van der Waals surface area contributed by atoms with Gasteiger partial charge in [0.15, 0.2) is 20.3 Å². The standard InChI is InChI=1S/C40H68ClN8O13P/c1-3-10-52-12-14-54-16-17-55-15-13-53-11-9-48-28-33(45-46-48)29-59-23-22-57-19-18-56-20-21-58-24-25-61-36-7-8-47(27-32(36)4-2)38-35-26-42-49(39(35)44-40(41)43-38)37-6-5-34(62-37)30-60-31-63(50)51/h26,28,32,34,36-37,50-51H,3-25,27,29-31H2,1-2H3. The van der Waals surface area contributed by atoms with Crippen molar-refractivity contribution in [1.82, 2.24) is 34.7 Å². The second kappa shape index (κ2) is 30.8. The van der Waals surface area contributed by atoms with Crippen LogP contribution in [0.4, 0.5) is 5.82 Å². The Labute approximate surface area is 376 Å². The lowest BCUT2D eigenvalue weighted by atomic mass is 9.92. The molecule has 63 heavy (non-hydrogen) atoms. The molecule has 2 fully saturated rings. The van der Waals surface area contributed by atoms with Gasteiger partial charge in [-0.05, 0) is 43.7 Å². The molecule has 0 radical (unpaired) electrons. The molecule has 0 aliphatic carbocycles. The van der Waals surface area contributed by atoms with E-state index in [0.717, 1.165) is 68.7 Å². The Balaban J connectivity index is 0.832. The van der Waals surface area contributed by atoms with Gasteiger partial charge >= 0.3 is 0 Å². The maximum atomic E-state index is 9.11. The number of piperidine rings is 1. The number of hydrogen-bond donors (Lipinski definition) is 2. The van der Waals surface area contributed by atoms with Crippen LogP contribution < -0.4 is 4.90 Å². The van der Waals surface area contributed by atoms with Crippen LogP contribution in [0.1, 0.15) is 57.9 Å². The first-order valence-electron chi connectivity index (χ1n) is 22.1. The Hall–Kier alpha value is -2.31. The molecule has 5 heterocycles. The summed E-state index contributed by atoms with van der Waals surface area (Å²) in [6, 6.07) is 0. The monoisotopic (exact) mass is 934 g/mol. The van der Waals surface area contributed by atoms with E-state index in [9.17, 15) is 0 Å². The van der Waals surface area contributed by atoms with Crippen LogP contribution in [0.15, 0.2) is 12.4 Å². The molecule has 23 heteroatoms. The van der Waals surface area contributed by atoms with Crippen molar-refractivity contribution in [3.05, 3.63) is 23.4 Å². The van der Waals surface area contributed by atoms with E-state index in [1.807, 2.05) is 6.20 Å². The summed E-state index contributed by atoms with van der Waals surface area (Å²) in [7, 11) is -2.09. The summed E-state index contributed by atoms with van der Waals surface area (Å²) >= 11 is 6.46. The molecule has 0 spiro atoms. The van der Waals surface area contributed by atoms with E-state index in [4.69, 9.17) is 73.5 Å². The number of nitrogens with zero attached hydrogens (tertiary/aromatic N) is 8. The summed E-state index contributed by atoms with van der Waals surface area (Å²) in [5, 5.41) is 13.8. The molecule has 4 unspecified atom stereocenters. The van der Waals surface area contributed by atoms with Crippen molar-refractivity contribution >= 4 is 36.8 Å². The lowest BCUT2D eigenvalue weighted by molar-refractivity contribution is -0.0421. The van der Waals surface area contributed by atoms with Crippen molar-refractivity contribution in [3.63, 3.8) is 0 Å². The molecule has 21 nitrogen and oxygen atoms in total. The van der Waals surface area contributed by atoms with Gasteiger partial charge in [-0.3, -0.25) is 0 Å². The molecule has 0 bridgehead atoms. The largest absolute Gasteiger partial charge is 0.379 e. The minimum absolute atomic E-state index is 0.0994. The minimum atomic E-state index is -2.09. The van der Waals surface area contributed by atoms with E-state index in [2.05, 4.69) is 44.1 Å². The zero-order chi connectivity index (χ0) is 44.3. The van der Waals surface area contributed by atoms with Crippen molar-refractivity contribution in [2.24, 2.45) is 5.92 Å². The number of hydrogen-bond acceptors (Lipinski definition) is 19. The van der Waals surface area contributed by atoms with E-state index in [-0.39, 0.29) is 36.7 Å². The molecule has 3 aromatic heterocycles. The Bertz CT molecular complexity index is 1650. The molecule has 0 amide bonds. The first kappa shape index (κ1) is 51.7. The number of rotatable bonds is 36. The van der Waals surface area contributed by atoms with E-state index in [0.29, 0.717) is 124 Å². The van der Waals surface area contributed by atoms with Crippen LogP contribution in [0.5, 0.6) is 0 Å². The van der Waals surface area contributed by atoms with Gasteiger partial charge in [-0.1, -0.05) is 19.1 Å². The van der Waals surface area contributed by atoms with E-state index in [1.54, 1.807) is 15.6 Å². The predicted octanol–water partition coefficient (Wildman–Crippen LogP) is 3.38. The predicted molar refractivity (Wildman–Crippen MR) is 232 cm³/mol. The number of anilines is 1. The van der Waals surface area contributed by atoms with Crippen LogP contribution in [-0.4, -0.2) is 188 Å². The molecule has 2 aliphatic heterocycles. The third-order valence-corrected chi connectivity index (χ3v) is 10.8. The summed E-state index contributed by atoms with van der Waals surface area (Å²) in [4.78, 5) is 29.6. The third-order valence-electron chi connectivity index (χ3n) is 10.2. The van der Waals surface area contributed by atoms with Crippen molar-refractivity contribution in [1.29, 1.82) is 0 Å². The Morgan fingerprint density at radius 2 is 1.40 bits per heavy atom. The number of halogens is 1. The highest BCUT2D eigenvalue weighted by Gasteiger charge is 2.33. The molecule has 0 aromatic carbocycles. The second-order valence-electron chi connectivity index (χ2n) is 14.9. The fraction of sp³-hybridized carbons (Fsp3) is 0.825. The van der Waals surface area contributed by atoms with Gasteiger partial charge in [-0.2, -0.15) is 15.1 Å². The average Bonchev–Trinajstić information content (AvgIpc) is 4.05. The molecular formula is C40H68ClN8O13P. The summed E-state index contributed by atoms with van der Waals surface area (Å²) < 4.78 is 65.9. The highest BCUT2D eigenvalue weighted by molar-refractivity contribution is 7.44. The van der Waals surface area contributed by atoms with E-state index < -0.39 is 8.38 Å². The van der Waals surface area contributed by atoms with E-state index in [1.165, 1.54) is 0 Å². The maximum absolute atomic E-state index is 9.11. The van der Waals surface area contributed by atoms with Gasteiger partial charge in [0.25, 0.3) is 0 Å². The van der Waals surface area contributed by atoms with Gasteiger partial charge in [-0.25, -0.2) is 9.36 Å². The topological polar surface area (TPSA) is 220 Å². The normalized spacial score (nSPS) is 19.4. The first-order chi connectivity index (χ1) is 30.9. The molecular weight excluding hydrogens is 867 g/mol. The Kier molecular flexibility index (Phi) is 25.3. The van der Waals surface area contributed by atoms with Gasteiger partial charge in [0, 0.05) is 25.6 Å². The number of fused-ring (bicyclic) bond motifs is 1. The van der Waals surface area contributed by atoms with Crippen LogP contribution in [0.3, 0.4) is 0 Å². The SMILES string of the molecule is CCCOCCOCCOCCOCCn1cc(COCCOCCOCCOCCOC2CCN(c3nc(Cl)nc4c3cnn4C3CCC(COCP(O)O)O3)CC2CC)nn1. The molecule has 5 rings (SSSR count). The van der Waals surface area contributed by atoms with Crippen molar-refractivity contribution in [2.45, 2.75) is 77.5 Å². The van der Waals surface area contributed by atoms with Crippen LogP contribution in [-0.2, 0) is 65.3 Å². The Morgan fingerprint density at radius 3 is 2.05 bits per heavy atom. The fourth-order valence-corrected chi connectivity index (χ4v) is 7.51. The van der Waals surface area contributed by atoms with E-state index >= 15 is 0 Å². The Morgan fingerprint density at radius 1 is 0.762 bits per heavy atom. The molecule has 0 saturated carbocycles. The van der Waals surface area contributed by atoms with Crippen molar-refractivity contribution in [2.75, 3.05) is 137 Å². The zero-order valence-electron chi connectivity index (χ0n) is 36.8. The summed E-state index contributed by atoms with van der Waals surface area (Å²) in [6.07, 6.45) is 7.40. The number of aromatic nitrogens is 7. The molecule has 3 aromatic rings. The second-order valence-corrected chi connectivity index (χ2v) is 16.3. The third kappa shape index (κ3) is 19.2. The molecule has 2 aliphatic rings. The van der Waals surface area contributed by atoms with Crippen LogP contribution in [0, 0.1) is 5.92 Å². The average molecular weight is 935 g/mol. The van der Waals surface area contributed by atoms with Crippen molar-refractivity contribution in [3.8, 4) is 0 Å². The van der Waals surface area contributed by atoms with Crippen LogP contribution >= 0.6 is 20.0 Å². The van der Waals surface area contributed by atoms with Gasteiger partial charge in [0.05, 0.1) is 149 Å². The van der Waals surface area contributed by atoms with Crippen LogP contribution in [0.25, 0.3) is 11.0 Å². The summed E-state index contributed by atoms with van der Waals surface area (Å²) in [5.41, 5.74) is 1.36. The van der Waals surface area contributed by atoms with Crippen molar-refractivity contribution < 1.29 is 61.9 Å². The van der Waals surface area contributed by atoms with Crippen LogP contribution in [0.2, 0.25) is 5.28 Å². The van der Waals surface area contributed by atoms with Gasteiger partial charge in [0.2, 0.25) is 5.28 Å². The van der Waals surface area contributed by atoms with Gasteiger partial charge < -0.3 is 66.8 Å². The molecule has 2 N–H and O–H groups in total. The lowest BCUT2D eigenvalue weighted by Gasteiger charge is -2.38. The summed E-state index contributed by atoms with van der Waals surface area (Å²) in [5.74, 6) is 1.05. The quantitative estimate of drug-likeness (QED) is 0.0485. The molecule has 4 atom stereocenters. The molecule has 2 saturated heterocycles. The van der Waals surface area contributed by atoms with Gasteiger partial charge in [0.1, 0.15) is 17.9 Å².